The van der Waals surface area contributed by atoms with E-state index in [0.29, 0.717) is 29.3 Å². The second-order valence-corrected chi connectivity index (χ2v) is 9.93. The third-order valence-corrected chi connectivity index (χ3v) is 6.82. The number of anilines is 3. The van der Waals surface area contributed by atoms with Crippen molar-refractivity contribution in [2.24, 2.45) is 0 Å². The van der Waals surface area contributed by atoms with Crippen LogP contribution in [0.2, 0.25) is 0 Å². The number of pyridine rings is 1. The lowest BCUT2D eigenvalue weighted by Gasteiger charge is -2.24. The molecule has 1 N–H and O–H groups in total. The number of benzene rings is 3. The summed E-state index contributed by atoms with van der Waals surface area (Å²) in [5.74, 6) is 0.0657. The molecule has 0 radical (unpaired) electrons. The average Bonchev–Trinajstić information content (AvgIpc) is 3.32. The fraction of sp³-hybridized carbons (Fsp3) is 0.172. The summed E-state index contributed by atoms with van der Waals surface area (Å²) < 4.78 is 1.70. The van der Waals surface area contributed by atoms with Gasteiger partial charge in [0.05, 0.1) is 17.1 Å². The highest BCUT2D eigenvalue weighted by molar-refractivity contribution is 6.21. The smallest absolute Gasteiger partial charge is 0.241 e. The molecule has 39 heavy (non-hydrogen) atoms. The number of aromatic nitrogens is 5. The maximum Gasteiger partial charge on any atom is 0.241 e. The van der Waals surface area contributed by atoms with E-state index in [1.807, 2.05) is 78.9 Å². The number of hydrogen-bond donors (Lipinski definition) is 1. The van der Waals surface area contributed by atoms with Gasteiger partial charge in [-0.2, -0.15) is 4.68 Å². The average molecular weight is 540 g/mol. The molecule has 10 heteroatoms. The number of fused-ring (bicyclic) bond motifs is 3. The van der Waals surface area contributed by atoms with Gasteiger partial charge in [-0.3, -0.25) is 19.5 Å². The van der Waals surface area contributed by atoms with Gasteiger partial charge in [-0.25, -0.2) is 0 Å². The Morgan fingerprint density at radius 3 is 2.41 bits per heavy atom. The molecule has 0 atom stereocenters. The zero-order chi connectivity index (χ0) is 26.3. The first kappa shape index (κ1) is 26.0. The van der Waals surface area contributed by atoms with Crippen LogP contribution >= 0.6 is 12.4 Å². The van der Waals surface area contributed by atoms with Crippen LogP contribution in [0.4, 0.5) is 17.1 Å². The lowest BCUT2D eigenvalue weighted by Crippen LogP contribution is -2.26. The topological polar surface area (TPSA) is 106 Å². The van der Waals surface area contributed by atoms with Gasteiger partial charge in [0.25, 0.3) is 0 Å². The van der Waals surface area contributed by atoms with Gasteiger partial charge in [-0.05, 0) is 58.3 Å². The first-order chi connectivity index (χ1) is 18.4. The fourth-order valence-corrected chi connectivity index (χ4v) is 4.90. The van der Waals surface area contributed by atoms with Gasteiger partial charge in [0.15, 0.2) is 5.82 Å². The molecule has 0 saturated carbocycles. The molecule has 5 aromatic rings. The predicted molar refractivity (Wildman–Crippen MR) is 152 cm³/mol. The van der Waals surface area contributed by atoms with Crippen LogP contribution in [0.3, 0.4) is 0 Å². The number of rotatable bonds is 5. The van der Waals surface area contributed by atoms with Gasteiger partial charge < -0.3 is 5.32 Å². The molecule has 3 aromatic carbocycles. The minimum absolute atomic E-state index is 0. The fourth-order valence-electron chi connectivity index (χ4n) is 4.90. The Bertz CT molecular complexity index is 1670. The molecule has 0 spiro atoms. The number of nitrogens with one attached hydrogen (secondary N) is 1. The SMILES string of the molecule is CC(C)(Cc1nnnn1-c1ccc(N2C(=O)CC(=O)Nc3c2ccc2ccccc32)cc1)c1ccccn1.Cl. The van der Waals surface area contributed by atoms with Crippen molar-refractivity contribution >= 4 is 52.1 Å². The molecular weight excluding hydrogens is 514 g/mol. The maximum absolute atomic E-state index is 13.2. The summed E-state index contributed by atoms with van der Waals surface area (Å²) in [7, 11) is 0. The largest absolute Gasteiger partial charge is 0.323 e. The van der Waals surface area contributed by atoms with Gasteiger partial charge in [0.1, 0.15) is 6.42 Å². The third-order valence-electron chi connectivity index (χ3n) is 6.82. The van der Waals surface area contributed by atoms with E-state index in [2.05, 4.69) is 39.7 Å². The molecule has 1 aliphatic rings. The summed E-state index contributed by atoms with van der Waals surface area (Å²) >= 11 is 0. The number of tetrazole rings is 1. The summed E-state index contributed by atoms with van der Waals surface area (Å²) in [4.78, 5) is 31.9. The van der Waals surface area contributed by atoms with E-state index in [9.17, 15) is 9.59 Å². The minimum atomic E-state index is -0.333. The molecule has 2 amide bonds. The molecule has 6 rings (SSSR count). The van der Waals surface area contributed by atoms with Gasteiger partial charge in [-0.1, -0.05) is 50.2 Å². The monoisotopic (exact) mass is 539 g/mol. The second-order valence-electron chi connectivity index (χ2n) is 9.93. The van der Waals surface area contributed by atoms with E-state index >= 15 is 0 Å². The van der Waals surface area contributed by atoms with Gasteiger partial charge >= 0.3 is 0 Å². The summed E-state index contributed by atoms with van der Waals surface area (Å²) in [6, 6.07) is 24.9. The van der Waals surface area contributed by atoms with Crippen molar-refractivity contribution in [2.45, 2.75) is 32.1 Å². The molecule has 2 aromatic heterocycles. The van der Waals surface area contributed by atoms with E-state index < -0.39 is 0 Å². The summed E-state index contributed by atoms with van der Waals surface area (Å²) in [6.07, 6.45) is 2.12. The molecule has 9 nitrogen and oxygen atoms in total. The van der Waals surface area contributed by atoms with Gasteiger partial charge in [-0.15, -0.1) is 17.5 Å². The van der Waals surface area contributed by atoms with Crippen LogP contribution < -0.4 is 10.2 Å². The molecule has 0 saturated heterocycles. The van der Waals surface area contributed by atoms with E-state index in [1.54, 1.807) is 15.8 Å². The van der Waals surface area contributed by atoms with Crippen LogP contribution in [-0.2, 0) is 21.4 Å². The van der Waals surface area contributed by atoms with Crippen molar-refractivity contribution < 1.29 is 9.59 Å². The van der Waals surface area contributed by atoms with Crippen molar-refractivity contribution in [3.8, 4) is 5.69 Å². The number of amides is 2. The standard InChI is InChI=1S/C29H25N7O2.ClH/c1-29(2,24-9-5-6-16-30-24)18-25-32-33-34-36(25)21-13-11-20(12-14-21)35-23-15-10-19-7-3-4-8-22(19)28(23)31-26(37)17-27(35)38;/h3-16H,17-18H2,1-2H3,(H,31,37);1H. The molecule has 196 valence electrons. The lowest BCUT2D eigenvalue weighted by atomic mass is 9.85. The molecule has 0 unspecified atom stereocenters. The minimum Gasteiger partial charge on any atom is -0.323 e. The van der Waals surface area contributed by atoms with Crippen molar-refractivity contribution in [1.82, 2.24) is 25.2 Å². The first-order valence-electron chi connectivity index (χ1n) is 12.3. The Labute approximate surface area is 231 Å². The van der Waals surface area contributed by atoms with Gasteiger partial charge in [0, 0.05) is 34.8 Å². The van der Waals surface area contributed by atoms with Crippen LogP contribution in [0, 0.1) is 0 Å². The third kappa shape index (κ3) is 4.84. The number of hydrogen-bond acceptors (Lipinski definition) is 6. The van der Waals surface area contributed by atoms with Crippen LogP contribution in [0.15, 0.2) is 85.1 Å². The van der Waals surface area contributed by atoms with E-state index in [4.69, 9.17) is 0 Å². The Morgan fingerprint density at radius 2 is 1.64 bits per heavy atom. The highest BCUT2D eigenvalue weighted by atomic mass is 35.5. The van der Waals surface area contributed by atoms with Crippen molar-refractivity contribution in [3.05, 3.63) is 96.6 Å². The second kappa shape index (κ2) is 10.3. The van der Waals surface area contributed by atoms with Crippen LogP contribution in [-0.4, -0.2) is 37.0 Å². The molecule has 0 bridgehead atoms. The van der Waals surface area contributed by atoms with Gasteiger partial charge in [0.2, 0.25) is 11.8 Å². The van der Waals surface area contributed by atoms with Crippen LogP contribution in [0.1, 0.15) is 31.8 Å². The summed E-state index contributed by atoms with van der Waals surface area (Å²) in [6.45, 7) is 4.22. The Kier molecular flexibility index (Phi) is 6.84. The van der Waals surface area contributed by atoms with E-state index in [0.717, 1.165) is 22.2 Å². The number of carbonyl (C=O) groups is 2. The van der Waals surface area contributed by atoms with Crippen LogP contribution in [0.25, 0.3) is 16.5 Å². The predicted octanol–water partition coefficient (Wildman–Crippen LogP) is 5.16. The highest BCUT2D eigenvalue weighted by Gasteiger charge is 2.29. The number of nitrogens with zero attached hydrogens (tertiary/aromatic N) is 6. The molecule has 3 heterocycles. The molecular formula is C29H26ClN7O2. The first-order valence-corrected chi connectivity index (χ1v) is 12.3. The quantitative estimate of drug-likeness (QED) is 0.309. The Balaban J connectivity index is 0.00000308. The molecule has 0 aliphatic carbocycles. The normalized spacial score (nSPS) is 13.4. The zero-order valence-electron chi connectivity index (χ0n) is 21.4. The molecule has 1 aliphatic heterocycles. The molecule has 0 fully saturated rings. The number of carbonyl (C=O) groups excluding carboxylic acids is 2. The van der Waals surface area contributed by atoms with E-state index in [-0.39, 0.29) is 36.1 Å². The Morgan fingerprint density at radius 1 is 0.897 bits per heavy atom. The highest BCUT2D eigenvalue weighted by Crippen LogP contribution is 2.40. The lowest BCUT2D eigenvalue weighted by molar-refractivity contribution is -0.124. The Hall–Kier alpha value is -4.63. The maximum atomic E-state index is 13.2. The van der Waals surface area contributed by atoms with Crippen LogP contribution in [0.5, 0.6) is 0 Å². The van der Waals surface area contributed by atoms with Crippen molar-refractivity contribution in [2.75, 3.05) is 10.2 Å². The zero-order valence-corrected chi connectivity index (χ0v) is 22.2. The number of halogens is 1. The summed E-state index contributed by atoms with van der Waals surface area (Å²) in [5, 5.41) is 17.2. The van der Waals surface area contributed by atoms with E-state index in [1.165, 1.54) is 0 Å². The van der Waals surface area contributed by atoms with Crippen molar-refractivity contribution in [3.63, 3.8) is 0 Å². The van der Waals surface area contributed by atoms with Crippen molar-refractivity contribution in [1.29, 1.82) is 0 Å². The summed E-state index contributed by atoms with van der Waals surface area (Å²) in [5.41, 5.74) is 3.35.